The number of rotatable bonds is 2. The predicted molar refractivity (Wildman–Crippen MR) is 57.0 cm³/mol. The van der Waals surface area contributed by atoms with Gasteiger partial charge in [0.15, 0.2) is 5.79 Å². The third-order valence-corrected chi connectivity index (χ3v) is 2.75. The van der Waals surface area contributed by atoms with Crippen molar-refractivity contribution in [2.45, 2.75) is 19.6 Å². The van der Waals surface area contributed by atoms with Crippen molar-refractivity contribution in [1.29, 1.82) is 0 Å². The van der Waals surface area contributed by atoms with Crippen LogP contribution in [0.3, 0.4) is 0 Å². The maximum absolute atomic E-state index is 5.65. The number of aryl methyl sites for hydroxylation is 1. The lowest BCUT2D eigenvalue weighted by molar-refractivity contribution is -0.151. The highest BCUT2D eigenvalue weighted by molar-refractivity contribution is 5.42. The van der Waals surface area contributed by atoms with E-state index in [-0.39, 0.29) is 0 Å². The smallest absolute Gasteiger partial charge is 0.195 e. The van der Waals surface area contributed by atoms with E-state index in [1.165, 1.54) is 0 Å². The second kappa shape index (κ2) is 3.83. The first kappa shape index (κ1) is 10.5. The Morgan fingerprint density at radius 3 is 2.53 bits per heavy atom. The Morgan fingerprint density at radius 2 is 1.93 bits per heavy atom. The number of hydrogen-bond acceptors (Lipinski definition) is 3. The van der Waals surface area contributed by atoms with E-state index in [1.807, 2.05) is 32.0 Å². The van der Waals surface area contributed by atoms with E-state index < -0.39 is 5.79 Å². The van der Waals surface area contributed by atoms with Crippen molar-refractivity contribution >= 4 is 0 Å². The highest BCUT2D eigenvalue weighted by Crippen LogP contribution is 2.38. The Kier molecular flexibility index (Phi) is 2.67. The molecule has 0 atom stereocenters. The monoisotopic (exact) mass is 208 g/mol. The Morgan fingerprint density at radius 1 is 1.27 bits per heavy atom. The van der Waals surface area contributed by atoms with Crippen molar-refractivity contribution in [3.8, 4) is 5.75 Å². The van der Waals surface area contributed by atoms with E-state index in [0.29, 0.717) is 13.2 Å². The summed E-state index contributed by atoms with van der Waals surface area (Å²) in [6.07, 6.45) is 0. The molecular formula is C12H16O3. The van der Waals surface area contributed by atoms with Crippen LogP contribution in [0.25, 0.3) is 0 Å². The maximum atomic E-state index is 5.65. The van der Waals surface area contributed by atoms with Crippen molar-refractivity contribution < 1.29 is 14.2 Å². The molecule has 2 rings (SSSR count). The van der Waals surface area contributed by atoms with Crippen LogP contribution in [0, 0.1) is 6.92 Å². The summed E-state index contributed by atoms with van der Waals surface area (Å²) in [4.78, 5) is 0. The van der Waals surface area contributed by atoms with Gasteiger partial charge < -0.3 is 14.2 Å². The van der Waals surface area contributed by atoms with E-state index in [2.05, 4.69) is 0 Å². The minimum atomic E-state index is -0.656. The molecule has 1 fully saturated rings. The molecular weight excluding hydrogens is 192 g/mol. The number of hydrogen-bond donors (Lipinski definition) is 0. The third-order valence-electron chi connectivity index (χ3n) is 2.75. The molecule has 0 amide bonds. The van der Waals surface area contributed by atoms with Gasteiger partial charge in [-0.25, -0.2) is 0 Å². The van der Waals surface area contributed by atoms with Crippen LogP contribution in [0.5, 0.6) is 5.75 Å². The van der Waals surface area contributed by atoms with Gasteiger partial charge in [0, 0.05) is 0 Å². The summed E-state index contributed by atoms with van der Waals surface area (Å²) in [6, 6.07) is 5.93. The fraction of sp³-hybridized carbons (Fsp3) is 0.500. The Hall–Kier alpha value is -1.06. The average Bonchev–Trinajstić information content (AvgIpc) is 2.65. The molecule has 3 nitrogen and oxygen atoms in total. The molecule has 0 aromatic heterocycles. The Balaban J connectivity index is 2.49. The van der Waals surface area contributed by atoms with Gasteiger partial charge in [0.25, 0.3) is 0 Å². The molecule has 3 heteroatoms. The zero-order chi connectivity index (χ0) is 10.9. The SMILES string of the molecule is COc1cccc(C)c1C1(C)OCCO1. The normalized spacial score (nSPS) is 19.1. The molecule has 0 bridgehead atoms. The minimum absolute atomic E-state index is 0.633. The van der Waals surface area contributed by atoms with Crippen LogP contribution in [-0.4, -0.2) is 20.3 Å². The minimum Gasteiger partial charge on any atom is -0.496 e. The second-order valence-electron chi connectivity index (χ2n) is 3.79. The van der Waals surface area contributed by atoms with Crippen molar-refractivity contribution in [3.05, 3.63) is 29.3 Å². The van der Waals surface area contributed by atoms with Crippen LogP contribution in [0.2, 0.25) is 0 Å². The molecule has 1 aliphatic heterocycles. The van der Waals surface area contributed by atoms with E-state index in [1.54, 1.807) is 7.11 Å². The Bertz CT molecular complexity index is 354. The molecule has 1 aromatic rings. The topological polar surface area (TPSA) is 27.7 Å². The molecule has 0 N–H and O–H groups in total. The van der Waals surface area contributed by atoms with Gasteiger partial charge in [0.05, 0.1) is 25.9 Å². The highest BCUT2D eigenvalue weighted by atomic mass is 16.7. The van der Waals surface area contributed by atoms with Crippen LogP contribution in [0.4, 0.5) is 0 Å². The zero-order valence-electron chi connectivity index (χ0n) is 9.37. The van der Waals surface area contributed by atoms with Crippen molar-refractivity contribution in [2.75, 3.05) is 20.3 Å². The summed E-state index contributed by atoms with van der Waals surface area (Å²) < 4.78 is 16.6. The zero-order valence-corrected chi connectivity index (χ0v) is 9.37. The fourth-order valence-electron chi connectivity index (χ4n) is 2.05. The Labute approximate surface area is 90.0 Å². The van der Waals surface area contributed by atoms with Crippen molar-refractivity contribution in [1.82, 2.24) is 0 Å². The first-order valence-electron chi connectivity index (χ1n) is 5.09. The van der Waals surface area contributed by atoms with Gasteiger partial charge in [-0.2, -0.15) is 0 Å². The third kappa shape index (κ3) is 1.73. The molecule has 1 aliphatic rings. The summed E-state index contributed by atoms with van der Waals surface area (Å²) in [6.45, 7) is 5.24. The average molecular weight is 208 g/mol. The first-order chi connectivity index (χ1) is 7.17. The summed E-state index contributed by atoms with van der Waals surface area (Å²) >= 11 is 0. The van der Waals surface area contributed by atoms with Gasteiger partial charge in [-0.15, -0.1) is 0 Å². The maximum Gasteiger partial charge on any atom is 0.195 e. The lowest BCUT2D eigenvalue weighted by Gasteiger charge is -2.26. The summed E-state index contributed by atoms with van der Waals surface area (Å²) in [5.74, 6) is 0.163. The quantitative estimate of drug-likeness (QED) is 0.746. The molecule has 1 heterocycles. The molecule has 0 saturated carbocycles. The molecule has 82 valence electrons. The summed E-state index contributed by atoms with van der Waals surface area (Å²) in [7, 11) is 1.66. The highest BCUT2D eigenvalue weighted by Gasteiger charge is 2.36. The van der Waals surface area contributed by atoms with E-state index in [4.69, 9.17) is 14.2 Å². The van der Waals surface area contributed by atoms with E-state index >= 15 is 0 Å². The number of methoxy groups -OCH3 is 1. The van der Waals surface area contributed by atoms with Crippen molar-refractivity contribution in [2.24, 2.45) is 0 Å². The standard InChI is InChI=1S/C12H16O3/c1-9-5-4-6-10(13-3)11(9)12(2)14-7-8-15-12/h4-6H,7-8H2,1-3H3. The van der Waals surface area contributed by atoms with Crippen LogP contribution < -0.4 is 4.74 Å². The number of ether oxygens (including phenoxy) is 3. The molecule has 0 unspecified atom stereocenters. The molecule has 1 saturated heterocycles. The van der Waals surface area contributed by atoms with E-state index in [0.717, 1.165) is 16.9 Å². The lowest BCUT2D eigenvalue weighted by atomic mass is 10.0. The fourth-order valence-corrected chi connectivity index (χ4v) is 2.05. The number of benzene rings is 1. The summed E-state index contributed by atoms with van der Waals surface area (Å²) in [5.41, 5.74) is 2.11. The van der Waals surface area contributed by atoms with Crippen LogP contribution in [-0.2, 0) is 15.3 Å². The molecule has 0 aliphatic carbocycles. The molecule has 0 radical (unpaired) electrons. The van der Waals surface area contributed by atoms with Crippen LogP contribution in [0.15, 0.2) is 18.2 Å². The lowest BCUT2D eigenvalue weighted by Crippen LogP contribution is -2.24. The van der Waals surface area contributed by atoms with Crippen LogP contribution >= 0.6 is 0 Å². The second-order valence-corrected chi connectivity index (χ2v) is 3.79. The first-order valence-corrected chi connectivity index (χ1v) is 5.09. The van der Waals surface area contributed by atoms with Crippen LogP contribution in [0.1, 0.15) is 18.1 Å². The van der Waals surface area contributed by atoms with Gasteiger partial charge in [-0.1, -0.05) is 12.1 Å². The molecule has 1 aromatic carbocycles. The van der Waals surface area contributed by atoms with E-state index in [9.17, 15) is 0 Å². The van der Waals surface area contributed by atoms with Gasteiger partial charge in [0.1, 0.15) is 5.75 Å². The van der Waals surface area contributed by atoms with Gasteiger partial charge in [-0.3, -0.25) is 0 Å². The predicted octanol–water partition coefficient (Wildman–Crippen LogP) is 2.22. The summed E-state index contributed by atoms with van der Waals surface area (Å²) in [5, 5.41) is 0. The molecule has 15 heavy (non-hydrogen) atoms. The largest absolute Gasteiger partial charge is 0.496 e. The van der Waals surface area contributed by atoms with Gasteiger partial charge in [0.2, 0.25) is 0 Å². The van der Waals surface area contributed by atoms with Gasteiger partial charge >= 0.3 is 0 Å². The van der Waals surface area contributed by atoms with Gasteiger partial charge in [-0.05, 0) is 25.5 Å². The molecule has 0 spiro atoms. The van der Waals surface area contributed by atoms with Crippen molar-refractivity contribution in [3.63, 3.8) is 0 Å².